The number of hydrogen-bond acceptors (Lipinski definition) is 1. The minimum absolute atomic E-state index is 1.09. The van der Waals surface area contributed by atoms with Crippen LogP contribution in [0.2, 0.25) is 0 Å². The van der Waals surface area contributed by atoms with E-state index < -0.39 is 0 Å². The molecule has 0 radical (unpaired) electrons. The predicted octanol–water partition coefficient (Wildman–Crippen LogP) is 16.7. The molecule has 62 heavy (non-hydrogen) atoms. The standard InChI is InChI=1S/C60H40N2/c1-4-19-42(20-5-1)58-52-29-13-12-28-50(52)51-37-35-46(40-54(51)59(58)43-21-6-2-7-22-43)45-24-16-27-48(39-45)61(47-25-8-3-9-26-47)56-32-17-33-57-60(56)53-30-14-15-31-55(53)62(57)49-36-34-41-18-10-11-23-44(41)38-49/h1-40H. The Morgan fingerprint density at radius 1 is 0.290 bits per heavy atom. The van der Waals surface area contributed by atoms with Crippen LogP contribution < -0.4 is 4.90 Å². The molecule has 0 saturated carbocycles. The van der Waals surface area contributed by atoms with Crippen molar-refractivity contribution in [2.45, 2.75) is 0 Å². The van der Waals surface area contributed by atoms with Gasteiger partial charge in [-0.15, -0.1) is 0 Å². The zero-order valence-electron chi connectivity index (χ0n) is 34.0. The molecule has 0 atom stereocenters. The van der Waals surface area contributed by atoms with Crippen molar-refractivity contribution < 1.29 is 0 Å². The van der Waals surface area contributed by atoms with Gasteiger partial charge in [-0.05, 0) is 126 Å². The fourth-order valence-electron chi connectivity index (χ4n) is 9.79. The first-order chi connectivity index (χ1) is 30.8. The van der Waals surface area contributed by atoms with Crippen LogP contribution in [0.25, 0.3) is 93.2 Å². The van der Waals surface area contributed by atoms with Crippen LogP contribution in [0, 0.1) is 0 Å². The summed E-state index contributed by atoms with van der Waals surface area (Å²) in [5.74, 6) is 0. The van der Waals surface area contributed by atoms with Crippen LogP contribution in [0.3, 0.4) is 0 Å². The molecule has 11 aromatic carbocycles. The fourth-order valence-corrected chi connectivity index (χ4v) is 9.79. The van der Waals surface area contributed by atoms with Gasteiger partial charge in [-0.3, -0.25) is 0 Å². The minimum Gasteiger partial charge on any atom is -0.310 e. The van der Waals surface area contributed by atoms with Gasteiger partial charge >= 0.3 is 0 Å². The van der Waals surface area contributed by atoms with Crippen molar-refractivity contribution in [2.75, 3.05) is 4.90 Å². The van der Waals surface area contributed by atoms with Crippen molar-refractivity contribution in [3.05, 3.63) is 243 Å². The van der Waals surface area contributed by atoms with Crippen LogP contribution in [0.15, 0.2) is 243 Å². The highest BCUT2D eigenvalue weighted by atomic mass is 15.1. The van der Waals surface area contributed by atoms with E-state index in [1.807, 2.05) is 0 Å². The summed E-state index contributed by atoms with van der Waals surface area (Å²) in [5.41, 5.74) is 14.1. The van der Waals surface area contributed by atoms with E-state index in [1.54, 1.807) is 0 Å². The first-order valence-electron chi connectivity index (χ1n) is 21.3. The zero-order chi connectivity index (χ0) is 41.0. The highest BCUT2D eigenvalue weighted by molar-refractivity contribution is 6.22. The maximum Gasteiger partial charge on any atom is 0.0562 e. The molecule has 0 N–H and O–H groups in total. The van der Waals surface area contributed by atoms with Crippen molar-refractivity contribution in [2.24, 2.45) is 0 Å². The molecule has 2 heteroatoms. The maximum atomic E-state index is 2.43. The second-order valence-electron chi connectivity index (χ2n) is 16.1. The molecule has 0 aliphatic heterocycles. The van der Waals surface area contributed by atoms with Crippen molar-refractivity contribution in [3.8, 4) is 39.1 Å². The van der Waals surface area contributed by atoms with Crippen LogP contribution in [0.5, 0.6) is 0 Å². The summed E-state index contributed by atoms with van der Waals surface area (Å²) in [4.78, 5) is 2.43. The van der Waals surface area contributed by atoms with Crippen LogP contribution in [0.1, 0.15) is 0 Å². The predicted molar refractivity (Wildman–Crippen MR) is 264 cm³/mol. The Hall–Kier alpha value is -8.20. The molecular weight excluding hydrogens is 749 g/mol. The summed E-state index contributed by atoms with van der Waals surface area (Å²) in [6.45, 7) is 0. The number of rotatable bonds is 7. The largest absolute Gasteiger partial charge is 0.310 e. The highest BCUT2D eigenvalue weighted by Crippen LogP contribution is 2.47. The number of fused-ring (bicyclic) bond motifs is 7. The third kappa shape index (κ3) is 5.88. The molecule has 12 rings (SSSR count). The van der Waals surface area contributed by atoms with Gasteiger partial charge in [-0.2, -0.15) is 0 Å². The Balaban J connectivity index is 1.08. The van der Waals surface area contributed by atoms with Crippen LogP contribution in [-0.4, -0.2) is 4.57 Å². The molecule has 1 heterocycles. The van der Waals surface area contributed by atoms with Crippen molar-refractivity contribution in [1.82, 2.24) is 4.57 Å². The summed E-state index contributed by atoms with van der Waals surface area (Å²) in [5, 5.41) is 9.89. The summed E-state index contributed by atoms with van der Waals surface area (Å²) < 4.78 is 2.42. The molecule has 2 nitrogen and oxygen atoms in total. The molecule has 0 fully saturated rings. The number of benzene rings is 11. The number of aromatic nitrogens is 1. The van der Waals surface area contributed by atoms with Crippen molar-refractivity contribution >= 4 is 71.2 Å². The average molecular weight is 789 g/mol. The molecule has 12 aromatic rings. The van der Waals surface area contributed by atoms with Crippen LogP contribution in [0.4, 0.5) is 17.1 Å². The second-order valence-corrected chi connectivity index (χ2v) is 16.1. The Morgan fingerprint density at radius 2 is 0.839 bits per heavy atom. The van der Waals surface area contributed by atoms with Gasteiger partial charge in [0.1, 0.15) is 0 Å². The molecule has 0 aliphatic rings. The Morgan fingerprint density at radius 3 is 1.61 bits per heavy atom. The highest BCUT2D eigenvalue weighted by Gasteiger charge is 2.22. The van der Waals surface area contributed by atoms with Crippen molar-refractivity contribution in [3.63, 3.8) is 0 Å². The fraction of sp³-hybridized carbons (Fsp3) is 0. The third-order valence-electron chi connectivity index (χ3n) is 12.5. The van der Waals surface area contributed by atoms with Gasteiger partial charge in [0.15, 0.2) is 0 Å². The van der Waals surface area contributed by atoms with Crippen LogP contribution >= 0.6 is 0 Å². The van der Waals surface area contributed by atoms with E-state index >= 15 is 0 Å². The smallest absolute Gasteiger partial charge is 0.0562 e. The van der Waals surface area contributed by atoms with Gasteiger partial charge in [-0.1, -0.05) is 182 Å². The maximum absolute atomic E-state index is 2.43. The van der Waals surface area contributed by atoms with Gasteiger partial charge in [-0.25, -0.2) is 0 Å². The molecule has 0 amide bonds. The third-order valence-corrected chi connectivity index (χ3v) is 12.5. The Bertz CT molecular complexity index is 3620. The average Bonchev–Trinajstić information content (AvgIpc) is 3.69. The quantitative estimate of drug-likeness (QED) is 0.146. The van der Waals surface area contributed by atoms with E-state index in [0.717, 1.165) is 28.3 Å². The molecule has 0 bridgehead atoms. The zero-order valence-corrected chi connectivity index (χ0v) is 34.0. The van der Waals surface area contributed by atoms with E-state index in [9.17, 15) is 0 Å². The van der Waals surface area contributed by atoms with E-state index in [0.29, 0.717) is 0 Å². The normalized spacial score (nSPS) is 11.5. The Kier molecular flexibility index (Phi) is 8.53. The monoisotopic (exact) mass is 788 g/mol. The number of para-hydroxylation sites is 2. The minimum atomic E-state index is 1.09. The van der Waals surface area contributed by atoms with Gasteiger partial charge in [0.05, 0.1) is 16.7 Å². The van der Waals surface area contributed by atoms with Gasteiger partial charge in [0, 0.05) is 27.8 Å². The first-order valence-corrected chi connectivity index (χ1v) is 21.3. The number of hydrogen-bond donors (Lipinski definition) is 0. The molecule has 1 aromatic heterocycles. The molecule has 0 aliphatic carbocycles. The topological polar surface area (TPSA) is 8.17 Å². The number of nitrogens with zero attached hydrogens (tertiary/aromatic N) is 2. The summed E-state index contributed by atoms with van der Waals surface area (Å²) in [7, 11) is 0. The van der Waals surface area contributed by atoms with E-state index in [2.05, 4.69) is 252 Å². The summed E-state index contributed by atoms with van der Waals surface area (Å²) in [6.07, 6.45) is 0. The van der Waals surface area contributed by atoms with Crippen molar-refractivity contribution in [1.29, 1.82) is 0 Å². The molecule has 290 valence electrons. The van der Waals surface area contributed by atoms with E-state index in [4.69, 9.17) is 0 Å². The molecule has 0 saturated heterocycles. The lowest BCUT2D eigenvalue weighted by molar-refractivity contribution is 1.18. The molecular formula is C60H40N2. The molecule has 0 unspecified atom stereocenters. The van der Waals surface area contributed by atoms with E-state index in [-0.39, 0.29) is 0 Å². The SMILES string of the molecule is c1ccc(-c2c(-c3ccccc3)c3cc(-c4cccc(N(c5ccccc5)c5cccc6c5c5ccccc5n6-c5ccc6ccccc6c5)c4)ccc3c3ccccc23)cc1. The molecule has 0 spiro atoms. The summed E-state index contributed by atoms with van der Waals surface area (Å²) in [6, 6.07) is 88.5. The summed E-state index contributed by atoms with van der Waals surface area (Å²) >= 11 is 0. The van der Waals surface area contributed by atoms with E-state index in [1.165, 1.54) is 81.9 Å². The first kappa shape index (κ1) is 35.7. The second kappa shape index (κ2) is 14.8. The van der Waals surface area contributed by atoms with Gasteiger partial charge in [0.2, 0.25) is 0 Å². The van der Waals surface area contributed by atoms with Gasteiger partial charge in [0.25, 0.3) is 0 Å². The lowest BCUT2D eigenvalue weighted by atomic mass is 9.84. The Labute approximate surface area is 360 Å². The number of anilines is 3. The van der Waals surface area contributed by atoms with Crippen LogP contribution in [-0.2, 0) is 0 Å². The van der Waals surface area contributed by atoms with Gasteiger partial charge < -0.3 is 9.47 Å². The lowest BCUT2D eigenvalue weighted by Gasteiger charge is -2.27. The lowest BCUT2D eigenvalue weighted by Crippen LogP contribution is -2.10.